The van der Waals surface area contributed by atoms with Gasteiger partial charge in [0.05, 0.1) is 10.5 Å². The minimum atomic E-state index is -0.765. The molecule has 0 spiro atoms. The Balaban J connectivity index is 2.24. The van der Waals surface area contributed by atoms with Gasteiger partial charge < -0.3 is 15.0 Å². The molecule has 8 heteroatoms. The van der Waals surface area contributed by atoms with E-state index in [2.05, 4.69) is 19.2 Å². The van der Waals surface area contributed by atoms with Crippen LogP contribution >= 0.6 is 0 Å². The first-order valence-corrected chi connectivity index (χ1v) is 8.23. The van der Waals surface area contributed by atoms with Gasteiger partial charge in [-0.2, -0.15) is 0 Å². The number of benzene rings is 1. The largest absolute Gasteiger partial charge is 0.452 e. The van der Waals surface area contributed by atoms with Crippen LogP contribution in [0.2, 0.25) is 0 Å². The van der Waals surface area contributed by atoms with Gasteiger partial charge in [-0.05, 0) is 30.4 Å². The third-order valence-corrected chi connectivity index (χ3v) is 4.23. The minimum Gasteiger partial charge on any atom is -0.452 e. The van der Waals surface area contributed by atoms with Gasteiger partial charge in [-0.25, -0.2) is 4.79 Å². The van der Waals surface area contributed by atoms with Crippen molar-refractivity contribution in [1.82, 2.24) is 5.32 Å². The lowest BCUT2D eigenvalue weighted by Gasteiger charge is -2.36. The lowest BCUT2D eigenvalue weighted by Crippen LogP contribution is -2.39. The van der Waals surface area contributed by atoms with Crippen molar-refractivity contribution >= 4 is 23.3 Å². The highest BCUT2D eigenvalue weighted by molar-refractivity contribution is 5.93. The molecule has 1 fully saturated rings. The molecular weight excluding hydrogens is 326 g/mol. The zero-order valence-electron chi connectivity index (χ0n) is 14.7. The summed E-state index contributed by atoms with van der Waals surface area (Å²) in [6, 6.07) is 4.29. The van der Waals surface area contributed by atoms with Crippen LogP contribution in [0.1, 0.15) is 30.6 Å². The van der Waals surface area contributed by atoms with E-state index in [1.54, 1.807) is 6.07 Å². The van der Waals surface area contributed by atoms with Crippen molar-refractivity contribution in [3.05, 3.63) is 33.9 Å². The topological polar surface area (TPSA) is 102 Å². The molecule has 1 saturated heterocycles. The minimum absolute atomic E-state index is 0.0532. The lowest BCUT2D eigenvalue weighted by atomic mass is 9.91. The number of ether oxygens (including phenoxy) is 1. The van der Waals surface area contributed by atoms with Crippen LogP contribution in [0, 0.1) is 22.0 Å². The van der Waals surface area contributed by atoms with Gasteiger partial charge in [0.1, 0.15) is 5.69 Å². The summed E-state index contributed by atoms with van der Waals surface area (Å²) in [4.78, 5) is 36.1. The number of anilines is 1. The Morgan fingerprint density at radius 1 is 1.32 bits per heavy atom. The Labute approximate surface area is 146 Å². The zero-order valence-corrected chi connectivity index (χ0v) is 14.7. The third kappa shape index (κ3) is 4.68. The molecule has 1 heterocycles. The molecule has 1 amide bonds. The van der Waals surface area contributed by atoms with Gasteiger partial charge in [0, 0.05) is 26.2 Å². The number of nitrogens with one attached hydrogen (secondary N) is 1. The fraction of sp³-hybridized carbons (Fsp3) is 0.529. The highest BCUT2D eigenvalue weighted by Crippen LogP contribution is 2.33. The average molecular weight is 349 g/mol. The van der Waals surface area contributed by atoms with Gasteiger partial charge in [-0.1, -0.05) is 13.8 Å². The zero-order chi connectivity index (χ0) is 18.6. The van der Waals surface area contributed by atoms with Crippen LogP contribution in [-0.4, -0.2) is 43.5 Å². The molecule has 1 N–H and O–H groups in total. The fourth-order valence-corrected chi connectivity index (χ4v) is 3.21. The van der Waals surface area contributed by atoms with Gasteiger partial charge in [-0.15, -0.1) is 0 Å². The van der Waals surface area contributed by atoms with Gasteiger partial charge in [0.2, 0.25) is 0 Å². The van der Waals surface area contributed by atoms with E-state index in [-0.39, 0.29) is 11.3 Å². The second-order valence-corrected chi connectivity index (χ2v) is 6.56. The highest BCUT2D eigenvalue weighted by Gasteiger charge is 2.28. The van der Waals surface area contributed by atoms with Gasteiger partial charge in [0.25, 0.3) is 11.6 Å². The standard InChI is InChI=1S/C17H23N3O5/c1-11-6-12(2)9-19(8-11)14-5-4-13(7-15(14)20(23)24)17(22)25-10-16(21)18-3/h4-5,7,11-12H,6,8-10H2,1-3H3,(H,18,21)/t11-,12-/m0/s1. The molecule has 2 atom stereocenters. The summed E-state index contributed by atoms with van der Waals surface area (Å²) in [6.07, 6.45) is 1.09. The quantitative estimate of drug-likeness (QED) is 0.495. The molecule has 0 radical (unpaired) electrons. The van der Waals surface area contributed by atoms with Gasteiger partial charge in [0.15, 0.2) is 6.61 Å². The van der Waals surface area contributed by atoms with E-state index in [1.165, 1.54) is 19.2 Å². The lowest BCUT2D eigenvalue weighted by molar-refractivity contribution is -0.384. The summed E-state index contributed by atoms with van der Waals surface area (Å²) in [6.45, 7) is 5.31. The molecule has 0 aliphatic carbocycles. The monoisotopic (exact) mass is 349 g/mol. The molecule has 0 unspecified atom stereocenters. The first-order chi connectivity index (χ1) is 11.8. The number of amides is 1. The Morgan fingerprint density at radius 3 is 2.52 bits per heavy atom. The summed E-state index contributed by atoms with van der Waals surface area (Å²) in [5, 5.41) is 13.8. The second-order valence-electron chi connectivity index (χ2n) is 6.56. The van der Waals surface area contributed by atoms with Crippen LogP contribution in [0.3, 0.4) is 0 Å². The summed E-state index contributed by atoms with van der Waals surface area (Å²) < 4.78 is 4.85. The van der Waals surface area contributed by atoms with Crippen molar-refractivity contribution in [2.24, 2.45) is 11.8 Å². The number of nitro groups is 1. The second kappa shape index (κ2) is 7.96. The summed E-state index contributed by atoms with van der Waals surface area (Å²) >= 11 is 0. The van der Waals surface area contributed by atoms with Crippen molar-refractivity contribution in [2.45, 2.75) is 20.3 Å². The molecule has 25 heavy (non-hydrogen) atoms. The first kappa shape index (κ1) is 18.7. The maximum absolute atomic E-state index is 12.0. The molecule has 0 aromatic heterocycles. The maximum atomic E-state index is 12.0. The normalized spacial score (nSPS) is 20.0. The number of likely N-dealkylation sites (N-methyl/N-ethyl adjacent to an activating group) is 1. The van der Waals surface area contributed by atoms with E-state index in [0.717, 1.165) is 19.5 Å². The predicted octanol–water partition coefficient (Wildman–Crippen LogP) is 1.98. The number of carbonyl (C=O) groups excluding carboxylic acids is 2. The molecule has 1 aliphatic heterocycles. The molecule has 0 bridgehead atoms. The molecule has 1 aromatic rings. The Hall–Kier alpha value is -2.64. The van der Waals surface area contributed by atoms with Crippen LogP contribution in [-0.2, 0) is 9.53 Å². The van der Waals surface area contributed by atoms with Gasteiger partial charge in [-0.3, -0.25) is 14.9 Å². The Kier molecular flexibility index (Phi) is 5.95. The third-order valence-electron chi connectivity index (χ3n) is 4.23. The smallest absolute Gasteiger partial charge is 0.338 e. The van der Waals surface area contributed by atoms with Crippen molar-refractivity contribution in [3.8, 4) is 0 Å². The van der Waals surface area contributed by atoms with Crippen LogP contribution in [0.25, 0.3) is 0 Å². The van der Waals surface area contributed by atoms with E-state index in [9.17, 15) is 19.7 Å². The number of esters is 1. The predicted molar refractivity (Wildman–Crippen MR) is 92.6 cm³/mol. The number of nitrogens with zero attached hydrogens (tertiary/aromatic N) is 2. The van der Waals surface area contributed by atoms with Crippen LogP contribution in [0.15, 0.2) is 18.2 Å². The molecule has 1 aliphatic rings. The maximum Gasteiger partial charge on any atom is 0.338 e. The summed E-state index contributed by atoms with van der Waals surface area (Å²) in [5.41, 5.74) is 0.430. The van der Waals surface area contributed by atoms with E-state index >= 15 is 0 Å². The fourth-order valence-electron chi connectivity index (χ4n) is 3.21. The number of piperidine rings is 1. The molecule has 0 saturated carbocycles. The van der Waals surface area contributed by atoms with E-state index < -0.39 is 23.4 Å². The average Bonchev–Trinajstić information content (AvgIpc) is 2.57. The number of rotatable bonds is 5. The summed E-state index contributed by atoms with van der Waals surface area (Å²) in [5.74, 6) is -0.324. The van der Waals surface area contributed by atoms with E-state index in [4.69, 9.17) is 4.74 Å². The Bertz CT molecular complexity index is 666. The Morgan fingerprint density at radius 2 is 1.96 bits per heavy atom. The number of hydrogen-bond donors (Lipinski definition) is 1. The molecule has 136 valence electrons. The van der Waals surface area contributed by atoms with Crippen molar-refractivity contribution in [1.29, 1.82) is 0 Å². The first-order valence-electron chi connectivity index (χ1n) is 8.23. The van der Waals surface area contributed by atoms with E-state index in [1.807, 2.05) is 4.90 Å². The van der Waals surface area contributed by atoms with Crippen LogP contribution in [0.5, 0.6) is 0 Å². The van der Waals surface area contributed by atoms with Crippen molar-refractivity contribution < 1.29 is 19.2 Å². The SMILES string of the molecule is CNC(=O)COC(=O)c1ccc(N2C[C@@H](C)C[C@H](C)C2)c([N+](=O)[O-])c1. The van der Waals surface area contributed by atoms with Crippen LogP contribution < -0.4 is 10.2 Å². The van der Waals surface area contributed by atoms with Crippen molar-refractivity contribution in [2.75, 3.05) is 31.6 Å². The molecular formula is C17H23N3O5. The molecule has 8 nitrogen and oxygen atoms in total. The van der Waals surface area contributed by atoms with Gasteiger partial charge >= 0.3 is 5.97 Å². The highest BCUT2D eigenvalue weighted by atomic mass is 16.6. The number of nitro benzene ring substituents is 1. The van der Waals surface area contributed by atoms with Crippen LogP contribution in [0.4, 0.5) is 11.4 Å². The van der Waals surface area contributed by atoms with Crippen molar-refractivity contribution in [3.63, 3.8) is 0 Å². The number of hydrogen-bond acceptors (Lipinski definition) is 6. The van der Waals surface area contributed by atoms with E-state index in [0.29, 0.717) is 17.5 Å². The summed E-state index contributed by atoms with van der Waals surface area (Å²) in [7, 11) is 1.43. The molecule has 1 aromatic carbocycles. The number of carbonyl (C=O) groups is 2. The molecule has 2 rings (SSSR count).